The Kier molecular flexibility index (Phi) is 25.7. The Hall–Kier alpha value is -0.160. The smallest absolute Gasteiger partial charge is 0.0701 e. The average Bonchev–Trinajstić information content (AvgIpc) is 2.68. The number of aliphatic hydroxyl groups is 1. The van der Waals surface area contributed by atoms with Crippen LogP contribution in [0.1, 0.15) is 103 Å². The highest BCUT2D eigenvalue weighted by molar-refractivity contribution is 4.49. The first kappa shape index (κ1) is 26.8. The van der Waals surface area contributed by atoms with Gasteiger partial charge in [-0.05, 0) is 6.42 Å². The zero-order chi connectivity index (χ0) is 19.7. The van der Waals surface area contributed by atoms with E-state index in [-0.39, 0.29) is 6.61 Å². The SMILES string of the molecule is CCCCCCCCCCCCCCCCCOCCOCCOCCO. The van der Waals surface area contributed by atoms with Gasteiger partial charge in [-0.25, -0.2) is 0 Å². The second kappa shape index (κ2) is 25.8. The molecule has 4 nitrogen and oxygen atoms in total. The van der Waals surface area contributed by atoms with E-state index in [0.29, 0.717) is 33.0 Å². The molecule has 0 fully saturated rings. The van der Waals surface area contributed by atoms with E-state index >= 15 is 0 Å². The molecule has 0 saturated heterocycles. The number of rotatable bonds is 24. The highest BCUT2D eigenvalue weighted by Gasteiger charge is 1.95. The summed E-state index contributed by atoms with van der Waals surface area (Å²) in [5.41, 5.74) is 0. The van der Waals surface area contributed by atoms with Gasteiger partial charge in [-0.3, -0.25) is 0 Å². The van der Waals surface area contributed by atoms with Crippen molar-refractivity contribution in [1.82, 2.24) is 0 Å². The third-order valence-corrected chi connectivity index (χ3v) is 4.87. The summed E-state index contributed by atoms with van der Waals surface area (Å²) >= 11 is 0. The molecule has 0 radical (unpaired) electrons. The molecule has 0 amide bonds. The minimum Gasteiger partial charge on any atom is -0.394 e. The van der Waals surface area contributed by atoms with Gasteiger partial charge < -0.3 is 19.3 Å². The Balaban J connectivity index is 2.95. The van der Waals surface area contributed by atoms with E-state index in [2.05, 4.69) is 6.92 Å². The van der Waals surface area contributed by atoms with E-state index in [1.165, 1.54) is 89.9 Å². The van der Waals surface area contributed by atoms with Gasteiger partial charge in [0.2, 0.25) is 0 Å². The molecule has 4 heteroatoms. The van der Waals surface area contributed by atoms with Gasteiger partial charge in [-0.15, -0.1) is 0 Å². The Bertz CT molecular complexity index is 225. The zero-order valence-corrected chi connectivity index (χ0v) is 18.2. The lowest BCUT2D eigenvalue weighted by molar-refractivity contribution is 0.00719. The Morgan fingerprint density at radius 1 is 0.407 bits per heavy atom. The number of hydrogen-bond acceptors (Lipinski definition) is 4. The molecule has 0 rings (SSSR count). The topological polar surface area (TPSA) is 47.9 Å². The molecule has 0 aliphatic heterocycles. The first-order valence-corrected chi connectivity index (χ1v) is 11.8. The summed E-state index contributed by atoms with van der Waals surface area (Å²) < 4.78 is 16.1. The molecule has 0 unspecified atom stereocenters. The van der Waals surface area contributed by atoms with Crippen LogP contribution in [0, 0.1) is 0 Å². The van der Waals surface area contributed by atoms with Crippen LogP contribution in [0.15, 0.2) is 0 Å². The standard InChI is InChI=1S/C23H48O4/c1-2-3-4-5-6-7-8-9-10-11-12-13-14-15-16-18-25-20-22-27-23-21-26-19-17-24/h24H,2-23H2,1H3. The number of aliphatic hydroxyl groups excluding tert-OH is 1. The third kappa shape index (κ3) is 25.8. The van der Waals surface area contributed by atoms with E-state index in [0.717, 1.165) is 13.0 Å². The van der Waals surface area contributed by atoms with Crippen molar-refractivity contribution in [2.45, 2.75) is 103 Å². The molecule has 0 spiro atoms. The van der Waals surface area contributed by atoms with Gasteiger partial charge >= 0.3 is 0 Å². The van der Waals surface area contributed by atoms with E-state index in [1.807, 2.05) is 0 Å². The summed E-state index contributed by atoms with van der Waals surface area (Å²) in [5.74, 6) is 0. The highest BCUT2D eigenvalue weighted by Crippen LogP contribution is 2.13. The third-order valence-electron chi connectivity index (χ3n) is 4.87. The fourth-order valence-corrected chi connectivity index (χ4v) is 3.18. The van der Waals surface area contributed by atoms with Crippen molar-refractivity contribution in [3.8, 4) is 0 Å². The van der Waals surface area contributed by atoms with Crippen LogP contribution in [-0.2, 0) is 14.2 Å². The van der Waals surface area contributed by atoms with E-state index in [1.54, 1.807) is 0 Å². The number of ether oxygens (including phenoxy) is 3. The second-order valence-corrected chi connectivity index (χ2v) is 7.51. The van der Waals surface area contributed by atoms with Gasteiger partial charge in [0.1, 0.15) is 0 Å². The summed E-state index contributed by atoms with van der Waals surface area (Å²) in [7, 11) is 0. The number of hydrogen-bond donors (Lipinski definition) is 1. The maximum Gasteiger partial charge on any atom is 0.0701 e. The Morgan fingerprint density at radius 3 is 1.15 bits per heavy atom. The van der Waals surface area contributed by atoms with Crippen LogP contribution in [0.2, 0.25) is 0 Å². The first-order valence-electron chi connectivity index (χ1n) is 11.8. The molecule has 0 heterocycles. The average molecular weight is 389 g/mol. The van der Waals surface area contributed by atoms with Crippen molar-refractivity contribution in [3.63, 3.8) is 0 Å². The first-order chi connectivity index (χ1) is 13.4. The molecule has 164 valence electrons. The van der Waals surface area contributed by atoms with Crippen LogP contribution in [0.3, 0.4) is 0 Å². The molecule has 0 saturated carbocycles. The minimum atomic E-state index is 0.0718. The lowest BCUT2D eigenvalue weighted by Gasteiger charge is -2.06. The van der Waals surface area contributed by atoms with Crippen molar-refractivity contribution < 1.29 is 19.3 Å². The monoisotopic (exact) mass is 388 g/mol. The van der Waals surface area contributed by atoms with Crippen LogP contribution >= 0.6 is 0 Å². The fourth-order valence-electron chi connectivity index (χ4n) is 3.18. The van der Waals surface area contributed by atoms with Crippen molar-refractivity contribution >= 4 is 0 Å². The molecule has 1 N–H and O–H groups in total. The van der Waals surface area contributed by atoms with Crippen LogP contribution < -0.4 is 0 Å². The summed E-state index contributed by atoms with van der Waals surface area (Å²) in [6, 6.07) is 0. The normalized spacial score (nSPS) is 11.3. The minimum absolute atomic E-state index is 0.0718. The molecule has 0 aromatic heterocycles. The van der Waals surface area contributed by atoms with E-state index in [4.69, 9.17) is 19.3 Å². The Labute approximate surface area is 169 Å². The molecular formula is C23H48O4. The molecule has 27 heavy (non-hydrogen) atoms. The van der Waals surface area contributed by atoms with Crippen LogP contribution in [0.25, 0.3) is 0 Å². The van der Waals surface area contributed by atoms with Gasteiger partial charge in [0.05, 0.1) is 39.6 Å². The molecule has 0 aromatic carbocycles. The van der Waals surface area contributed by atoms with Gasteiger partial charge in [-0.1, -0.05) is 96.8 Å². The van der Waals surface area contributed by atoms with Crippen LogP contribution in [0.5, 0.6) is 0 Å². The summed E-state index contributed by atoms with van der Waals surface area (Å²) in [6.07, 6.45) is 20.9. The highest BCUT2D eigenvalue weighted by atomic mass is 16.5. The van der Waals surface area contributed by atoms with Gasteiger partial charge in [0, 0.05) is 6.61 Å². The van der Waals surface area contributed by atoms with Crippen molar-refractivity contribution in [1.29, 1.82) is 0 Å². The van der Waals surface area contributed by atoms with Crippen molar-refractivity contribution in [2.24, 2.45) is 0 Å². The number of unbranched alkanes of at least 4 members (excludes halogenated alkanes) is 14. The largest absolute Gasteiger partial charge is 0.394 e. The maximum absolute atomic E-state index is 8.55. The van der Waals surface area contributed by atoms with Gasteiger partial charge in [-0.2, -0.15) is 0 Å². The lowest BCUT2D eigenvalue weighted by atomic mass is 10.0. The second-order valence-electron chi connectivity index (χ2n) is 7.51. The van der Waals surface area contributed by atoms with Crippen LogP contribution in [0.4, 0.5) is 0 Å². The molecule has 0 aromatic rings. The summed E-state index contributed by atoms with van der Waals surface area (Å²) in [5, 5.41) is 8.55. The summed E-state index contributed by atoms with van der Waals surface area (Å²) in [6.45, 7) is 6.00. The van der Waals surface area contributed by atoms with Gasteiger partial charge in [0.15, 0.2) is 0 Å². The van der Waals surface area contributed by atoms with Crippen LogP contribution in [-0.4, -0.2) is 51.4 Å². The molecular weight excluding hydrogens is 340 g/mol. The van der Waals surface area contributed by atoms with E-state index < -0.39 is 0 Å². The summed E-state index contributed by atoms with van der Waals surface area (Å²) in [4.78, 5) is 0. The fraction of sp³-hybridized carbons (Fsp3) is 1.00. The zero-order valence-electron chi connectivity index (χ0n) is 18.2. The molecule has 0 aliphatic carbocycles. The molecule has 0 atom stereocenters. The predicted octanol–water partition coefficient (Wildman–Crippen LogP) is 5.90. The van der Waals surface area contributed by atoms with Crippen molar-refractivity contribution in [2.75, 3.05) is 46.2 Å². The predicted molar refractivity (Wildman–Crippen MR) is 114 cm³/mol. The Morgan fingerprint density at radius 2 is 0.741 bits per heavy atom. The van der Waals surface area contributed by atoms with Crippen molar-refractivity contribution in [3.05, 3.63) is 0 Å². The lowest BCUT2D eigenvalue weighted by Crippen LogP contribution is -2.11. The van der Waals surface area contributed by atoms with Gasteiger partial charge in [0.25, 0.3) is 0 Å². The quantitative estimate of drug-likeness (QED) is 0.209. The molecule has 0 aliphatic rings. The van der Waals surface area contributed by atoms with E-state index in [9.17, 15) is 0 Å². The molecule has 0 bridgehead atoms. The maximum atomic E-state index is 8.55.